The molecule has 1 amide bonds. The lowest BCUT2D eigenvalue weighted by Gasteiger charge is -2.20. The van der Waals surface area contributed by atoms with E-state index in [1.807, 2.05) is 6.08 Å². The number of amides is 1. The topological polar surface area (TPSA) is 95.9 Å². The Morgan fingerprint density at radius 3 is 0.950 bits per heavy atom. The number of allylic oxidation sites excluding steroid dienone is 5. The minimum Gasteiger partial charge on any atom is -0.466 e. The summed E-state index contributed by atoms with van der Waals surface area (Å²) < 4.78 is 5.48. The van der Waals surface area contributed by atoms with Crippen molar-refractivity contribution in [2.45, 2.75) is 411 Å². The van der Waals surface area contributed by atoms with E-state index in [4.69, 9.17) is 4.74 Å². The van der Waals surface area contributed by atoms with Gasteiger partial charge in [-0.3, -0.25) is 9.59 Å². The molecular formula is C74H141NO5. The van der Waals surface area contributed by atoms with E-state index in [9.17, 15) is 19.8 Å². The molecule has 2 atom stereocenters. The first-order valence-corrected chi connectivity index (χ1v) is 36.3. The first-order chi connectivity index (χ1) is 39.5. The third-order valence-electron chi connectivity index (χ3n) is 16.9. The van der Waals surface area contributed by atoms with Crippen molar-refractivity contribution in [2.75, 3.05) is 13.2 Å². The summed E-state index contributed by atoms with van der Waals surface area (Å²) in [6, 6.07) is -0.628. The van der Waals surface area contributed by atoms with E-state index in [-0.39, 0.29) is 18.5 Å². The van der Waals surface area contributed by atoms with E-state index in [1.165, 1.54) is 327 Å². The van der Waals surface area contributed by atoms with E-state index < -0.39 is 12.1 Å². The Bertz CT molecular complexity index is 1300. The molecule has 80 heavy (non-hydrogen) atoms. The van der Waals surface area contributed by atoms with Gasteiger partial charge in [-0.2, -0.15) is 0 Å². The van der Waals surface area contributed by atoms with Gasteiger partial charge in [-0.1, -0.05) is 359 Å². The highest BCUT2D eigenvalue weighted by Gasteiger charge is 2.18. The zero-order chi connectivity index (χ0) is 57.8. The standard InChI is InChI=1S/C74H141NO5/c1-3-5-7-9-11-13-15-17-18-19-33-36-39-43-46-50-54-58-62-66-72(77)71(70-76)75-73(78)67-63-59-55-51-47-44-40-37-34-31-29-27-25-23-21-20-22-24-26-28-30-32-35-38-41-45-49-53-57-61-65-69-80-74(79)68-64-60-56-52-48-42-16-14-12-10-8-6-4-2/h22,24,28,30,62,66,71-72,76-77H,3-21,23,25-27,29,31-61,63-65,67-70H2,1-2H3,(H,75,78)/b24-22-,30-28-,66-62+. The second kappa shape index (κ2) is 69.6. The molecule has 3 N–H and O–H groups in total. The van der Waals surface area contributed by atoms with E-state index in [0.717, 1.165) is 44.9 Å². The minimum atomic E-state index is -0.845. The number of aliphatic hydroxyl groups excluding tert-OH is 2. The van der Waals surface area contributed by atoms with Crippen LogP contribution in [0.3, 0.4) is 0 Å². The Kier molecular flexibility index (Phi) is 67.9. The molecule has 0 aromatic rings. The maximum Gasteiger partial charge on any atom is 0.305 e. The smallest absolute Gasteiger partial charge is 0.305 e. The quantitative estimate of drug-likeness (QED) is 0.0320. The summed E-state index contributed by atoms with van der Waals surface area (Å²) in [4.78, 5) is 24.6. The molecule has 0 radical (unpaired) electrons. The molecule has 0 aromatic heterocycles. The number of unbranched alkanes of at least 4 members (excludes halogenated alkanes) is 53. The number of rotatable bonds is 68. The molecule has 0 bridgehead atoms. The summed E-state index contributed by atoms with van der Waals surface area (Å²) in [5, 5.41) is 23.2. The Balaban J connectivity index is 3.41. The van der Waals surface area contributed by atoms with Gasteiger partial charge >= 0.3 is 5.97 Å². The third kappa shape index (κ3) is 65.2. The number of carbonyl (C=O) groups is 2. The first-order valence-electron chi connectivity index (χ1n) is 36.3. The van der Waals surface area contributed by atoms with Crippen molar-refractivity contribution in [1.82, 2.24) is 5.32 Å². The molecule has 0 rings (SSSR count). The van der Waals surface area contributed by atoms with Gasteiger partial charge in [0.05, 0.1) is 25.4 Å². The molecule has 0 aliphatic carbocycles. The van der Waals surface area contributed by atoms with Crippen molar-refractivity contribution in [3.63, 3.8) is 0 Å². The van der Waals surface area contributed by atoms with Crippen LogP contribution < -0.4 is 5.32 Å². The molecule has 0 saturated heterocycles. The number of hydrogen-bond acceptors (Lipinski definition) is 5. The normalized spacial score (nSPS) is 12.7. The average molecular weight is 1120 g/mol. The van der Waals surface area contributed by atoms with Gasteiger partial charge in [-0.15, -0.1) is 0 Å². The van der Waals surface area contributed by atoms with Crippen LogP contribution in [0, 0.1) is 0 Å². The van der Waals surface area contributed by atoms with Crippen LogP contribution in [0.5, 0.6) is 0 Å². The Hall–Kier alpha value is -1.92. The fourth-order valence-corrected chi connectivity index (χ4v) is 11.4. The second-order valence-corrected chi connectivity index (χ2v) is 24.9. The largest absolute Gasteiger partial charge is 0.466 e. The van der Waals surface area contributed by atoms with Gasteiger partial charge in [-0.05, 0) is 64.2 Å². The van der Waals surface area contributed by atoms with Crippen LogP contribution >= 0.6 is 0 Å². The van der Waals surface area contributed by atoms with E-state index >= 15 is 0 Å². The molecule has 0 aliphatic heterocycles. The predicted molar refractivity (Wildman–Crippen MR) is 352 cm³/mol. The molecule has 0 fully saturated rings. The van der Waals surface area contributed by atoms with E-state index in [0.29, 0.717) is 19.4 Å². The average Bonchev–Trinajstić information content (AvgIpc) is 3.46. The Morgan fingerprint density at radius 1 is 0.350 bits per heavy atom. The van der Waals surface area contributed by atoms with Gasteiger partial charge in [0.1, 0.15) is 0 Å². The lowest BCUT2D eigenvalue weighted by Crippen LogP contribution is -2.45. The summed E-state index contributed by atoms with van der Waals surface area (Å²) in [7, 11) is 0. The molecule has 0 heterocycles. The van der Waals surface area contributed by atoms with Crippen LogP contribution in [0.15, 0.2) is 36.5 Å². The first kappa shape index (κ1) is 78.1. The van der Waals surface area contributed by atoms with Crippen LogP contribution in [0.4, 0.5) is 0 Å². The van der Waals surface area contributed by atoms with Gasteiger partial charge in [0.25, 0.3) is 0 Å². The molecule has 472 valence electrons. The molecule has 6 heteroatoms. The SMILES string of the molecule is CCCCCCCCCCCCCCCCCCC/C=C/C(O)C(CO)NC(=O)CCCCCCCCCCCCCCCCC/C=C\C/C=C\CCCCCCCCCCCOC(=O)CCCCCCCCCCCCCCC. The second-order valence-electron chi connectivity index (χ2n) is 24.9. The van der Waals surface area contributed by atoms with Crippen molar-refractivity contribution in [3.8, 4) is 0 Å². The number of aliphatic hydroxyl groups is 2. The number of nitrogens with one attached hydrogen (secondary N) is 1. The Labute approximate surface area is 500 Å². The van der Waals surface area contributed by atoms with Gasteiger partial charge in [0.2, 0.25) is 5.91 Å². The van der Waals surface area contributed by atoms with Crippen LogP contribution in [0.25, 0.3) is 0 Å². The zero-order valence-electron chi connectivity index (χ0n) is 54.1. The predicted octanol–water partition coefficient (Wildman–Crippen LogP) is 23.5. The molecular weight excluding hydrogens is 983 g/mol. The fraction of sp³-hybridized carbons (Fsp3) is 0.892. The van der Waals surface area contributed by atoms with E-state index in [2.05, 4.69) is 43.5 Å². The number of ether oxygens (including phenoxy) is 1. The van der Waals surface area contributed by atoms with Gasteiger partial charge < -0.3 is 20.3 Å². The number of hydrogen-bond donors (Lipinski definition) is 3. The van der Waals surface area contributed by atoms with Crippen LogP contribution in [-0.2, 0) is 14.3 Å². The van der Waals surface area contributed by atoms with Gasteiger partial charge in [0.15, 0.2) is 0 Å². The lowest BCUT2D eigenvalue weighted by molar-refractivity contribution is -0.143. The molecule has 6 nitrogen and oxygen atoms in total. The van der Waals surface area contributed by atoms with Crippen molar-refractivity contribution >= 4 is 11.9 Å². The van der Waals surface area contributed by atoms with Crippen molar-refractivity contribution < 1.29 is 24.5 Å². The highest BCUT2D eigenvalue weighted by molar-refractivity contribution is 5.76. The van der Waals surface area contributed by atoms with Crippen molar-refractivity contribution in [2.24, 2.45) is 0 Å². The maximum atomic E-state index is 12.5. The monoisotopic (exact) mass is 1120 g/mol. The Morgan fingerprint density at radius 2 is 0.625 bits per heavy atom. The van der Waals surface area contributed by atoms with Crippen LogP contribution in [0.1, 0.15) is 399 Å². The highest BCUT2D eigenvalue weighted by Crippen LogP contribution is 2.19. The van der Waals surface area contributed by atoms with Crippen molar-refractivity contribution in [1.29, 1.82) is 0 Å². The summed E-state index contributed by atoms with van der Waals surface area (Å²) in [6.07, 6.45) is 89.5. The van der Waals surface area contributed by atoms with Gasteiger partial charge in [-0.25, -0.2) is 0 Å². The highest BCUT2D eigenvalue weighted by atomic mass is 16.5. The summed E-state index contributed by atoms with van der Waals surface area (Å²) in [5.74, 6) is -0.0491. The summed E-state index contributed by atoms with van der Waals surface area (Å²) in [5.41, 5.74) is 0. The molecule has 2 unspecified atom stereocenters. The van der Waals surface area contributed by atoms with Crippen LogP contribution in [0.2, 0.25) is 0 Å². The zero-order valence-corrected chi connectivity index (χ0v) is 54.1. The molecule has 0 spiro atoms. The summed E-state index contributed by atoms with van der Waals surface area (Å²) in [6.45, 7) is 4.94. The van der Waals surface area contributed by atoms with Crippen molar-refractivity contribution in [3.05, 3.63) is 36.5 Å². The fourth-order valence-electron chi connectivity index (χ4n) is 11.4. The molecule has 0 aromatic carbocycles. The van der Waals surface area contributed by atoms with Gasteiger partial charge in [0, 0.05) is 12.8 Å². The maximum absolute atomic E-state index is 12.5. The number of carbonyl (C=O) groups excluding carboxylic acids is 2. The molecule has 0 aliphatic rings. The van der Waals surface area contributed by atoms with E-state index in [1.54, 1.807) is 6.08 Å². The lowest BCUT2D eigenvalue weighted by atomic mass is 10.0. The summed E-state index contributed by atoms with van der Waals surface area (Å²) >= 11 is 0. The van der Waals surface area contributed by atoms with Crippen LogP contribution in [-0.4, -0.2) is 47.4 Å². The minimum absolute atomic E-state index is 0.0149. The molecule has 0 saturated carbocycles. The third-order valence-corrected chi connectivity index (χ3v) is 16.9. The number of esters is 1.